The molecule has 1 aromatic rings. The van der Waals surface area contributed by atoms with E-state index in [4.69, 9.17) is 0 Å². The predicted octanol–water partition coefficient (Wildman–Crippen LogP) is 0.954. The summed E-state index contributed by atoms with van der Waals surface area (Å²) < 4.78 is 0. The lowest BCUT2D eigenvalue weighted by Crippen LogP contribution is -2.40. The zero-order valence-electron chi connectivity index (χ0n) is 10.7. The normalized spacial score (nSPS) is 17.8. The molecule has 0 saturated carbocycles. The van der Waals surface area contributed by atoms with Crippen LogP contribution in [0.25, 0.3) is 0 Å². The van der Waals surface area contributed by atoms with Gasteiger partial charge in [0.1, 0.15) is 11.4 Å². The zero-order valence-corrected chi connectivity index (χ0v) is 10.7. The van der Waals surface area contributed by atoms with Crippen LogP contribution in [-0.4, -0.2) is 34.4 Å². The second-order valence-corrected chi connectivity index (χ2v) is 4.75. The van der Waals surface area contributed by atoms with Crippen molar-refractivity contribution in [1.82, 2.24) is 15.2 Å². The van der Waals surface area contributed by atoms with Gasteiger partial charge in [0.2, 0.25) is 0 Å². The summed E-state index contributed by atoms with van der Waals surface area (Å²) in [6, 6.07) is 3.28. The molecule has 1 fully saturated rings. The van der Waals surface area contributed by atoms with Crippen LogP contribution >= 0.6 is 0 Å². The van der Waals surface area contributed by atoms with Crippen LogP contribution in [0.1, 0.15) is 19.4 Å². The number of amides is 3. The van der Waals surface area contributed by atoms with Crippen LogP contribution in [-0.2, 0) is 11.3 Å². The largest absolute Gasteiger partial charge is 0.373 e. The molecule has 0 spiro atoms. The van der Waals surface area contributed by atoms with E-state index < -0.39 is 5.54 Å². The molecule has 0 aromatic carbocycles. The van der Waals surface area contributed by atoms with Crippen molar-refractivity contribution in [2.75, 3.05) is 12.4 Å². The van der Waals surface area contributed by atoms with E-state index in [1.54, 1.807) is 33.2 Å². The van der Waals surface area contributed by atoms with Gasteiger partial charge >= 0.3 is 6.03 Å². The lowest BCUT2D eigenvalue weighted by atomic mass is 10.1. The van der Waals surface area contributed by atoms with Gasteiger partial charge in [-0.15, -0.1) is 0 Å². The highest BCUT2D eigenvalue weighted by Crippen LogP contribution is 2.19. The minimum atomic E-state index is -0.824. The van der Waals surface area contributed by atoms with E-state index in [0.717, 1.165) is 11.4 Å². The Morgan fingerprint density at radius 2 is 2.11 bits per heavy atom. The minimum absolute atomic E-state index is 0.217. The summed E-state index contributed by atoms with van der Waals surface area (Å²) in [5.41, 5.74) is -0.00898. The molecule has 1 aliphatic rings. The minimum Gasteiger partial charge on any atom is -0.373 e. The van der Waals surface area contributed by atoms with Crippen LogP contribution in [0, 0.1) is 0 Å². The van der Waals surface area contributed by atoms with Gasteiger partial charge in [0.15, 0.2) is 0 Å². The number of nitrogens with one attached hydrogen (secondary N) is 2. The Morgan fingerprint density at radius 3 is 2.56 bits per heavy atom. The predicted molar refractivity (Wildman–Crippen MR) is 66.9 cm³/mol. The maximum Gasteiger partial charge on any atom is 0.325 e. The van der Waals surface area contributed by atoms with Crippen molar-refractivity contribution < 1.29 is 9.59 Å². The van der Waals surface area contributed by atoms with Crippen molar-refractivity contribution in [3.8, 4) is 0 Å². The van der Waals surface area contributed by atoms with Crippen LogP contribution in [0.2, 0.25) is 0 Å². The Balaban J connectivity index is 2.14. The van der Waals surface area contributed by atoms with Crippen LogP contribution in [0.4, 0.5) is 10.6 Å². The summed E-state index contributed by atoms with van der Waals surface area (Å²) in [6.45, 7) is 3.62. The number of nitrogens with zero attached hydrogens (tertiary/aromatic N) is 2. The van der Waals surface area contributed by atoms with E-state index in [9.17, 15) is 9.59 Å². The molecule has 1 aliphatic heterocycles. The van der Waals surface area contributed by atoms with Gasteiger partial charge in [0, 0.05) is 13.2 Å². The quantitative estimate of drug-likeness (QED) is 0.781. The number of pyridine rings is 1. The molecule has 0 radical (unpaired) electrons. The van der Waals surface area contributed by atoms with Crippen molar-refractivity contribution in [3.63, 3.8) is 0 Å². The molecule has 2 heterocycles. The van der Waals surface area contributed by atoms with Gasteiger partial charge in [-0.25, -0.2) is 9.78 Å². The summed E-state index contributed by atoms with van der Waals surface area (Å²) in [5, 5.41) is 5.55. The lowest BCUT2D eigenvalue weighted by molar-refractivity contribution is -0.130. The molecule has 0 aliphatic carbocycles. The monoisotopic (exact) mass is 248 g/mol. The number of carbonyl (C=O) groups excluding carboxylic acids is 2. The highest BCUT2D eigenvalue weighted by molar-refractivity contribution is 6.06. The maximum absolute atomic E-state index is 12.0. The molecule has 2 rings (SSSR count). The highest BCUT2D eigenvalue weighted by Gasteiger charge is 2.44. The third-order valence-electron chi connectivity index (χ3n) is 2.87. The van der Waals surface area contributed by atoms with E-state index >= 15 is 0 Å². The Kier molecular flexibility index (Phi) is 2.94. The molecular formula is C12H16N4O2. The number of hydrogen-bond donors (Lipinski definition) is 2. The molecular weight excluding hydrogens is 232 g/mol. The van der Waals surface area contributed by atoms with Crippen LogP contribution in [0.5, 0.6) is 0 Å². The third kappa shape index (κ3) is 2.13. The number of rotatable bonds is 3. The molecule has 6 nitrogen and oxygen atoms in total. The molecule has 96 valence electrons. The van der Waals surface area contributed by atoms with Crippen LogP contribution in [0.3, 0.4) is 0 Å². The van der Waals surface area contributed by atoms with Gasteiger partial charge in [-0.2, -0.15) is 0 Å². The summed E-state index contributed by atoms with van der Waals surface area (Å²) in [7, 11) is 1.78. The molecule has 6 heteroatoms. The third-order valence-corrected chi connectivity index (χ3v) is 2.87. The van der Waals surface area contributed by atoms with Gasteiger partial charge in [-0.1, -0.05) is 6.07 Å². The van der Waals surface area contributed by atoms with Crippen molar-refractivity contribution in [3.05, 3.63) is 23.9 Å². The summed E-state index contributed by atoms with van der Waals surface area (Å²) in [4.78, 5) is 29.0. The van der Waals surface area contributed by atoms with Gasteiger partial charge in [-0.3, -0.25) is 9.69 Å². The Hall–Kier alpha value is -2.11. The smallest absolute Gasteiger partial charge is 0.325 e. The van der Waals surface area contributed by atoms with Gasteiger partial charge in [-0.05, 0) is 25.5 Å². The number of hydrogen-bond acceptors (Lipinski definition) is 4. The first-order valence-electron chi connectivity index (χ1n) is 5.71. The number of urea groups is 1. The molecule has 18 heavy (non-hydrogen) atoms. The van der Waals surface area contributed by atoms with E-state index in [2.05, 4.69) is 15.6 Å². The van der Waals surface area contributed by atoms with Crippen molar-refractivity contribution >= 4 is 17.8 Å². The summed E-state index contributed by atoms with van der Waals surface area (Å²) in [5.74, 6) is 0.529. The number of aromatic nitrogens is 1. The summed E-state index contributed by atoms with van der Waals surface area (Å²) in [6.07, 6.45) is 1.65. The molecule has 0 atom stereocenters. The number of carbonyl (C=O) groups is 2. The first-order chi connectivity index (χ1) is 8.44. The molecule has 2 N–H and O–H groups in total. The van der Waals surface area contributed by atoms with Gasteiger partial charge < -0.3 is 10.6 Å². The fourth-order valence-corrected chi connectivity index (χ4v) is 1.81. The fourth-order valence-electron chi connectivity index (χ4n) is 1.81. The molecule has 0 unspecified atom stereocenters. The van der Waals surface area contributed by atoms with E-state index in [1.807, 2.05) is 6.07 Å². The number of imide groups is 1. The number of anilines is 1. The zero-order chi connectivity index (χ0) is 13.3. The molecule has 3 amide bonds. The van der Waals surface area contributed by atoms with Crippen molar-refractivity contribution in [1.29, 1.82) is 0 Å². The molecule has 1 saturated heterocycles. The SMILES string of the molecule is CNc1ccc(CN2C(=O)NC(C)(C)C2=O)cn1. The van der Waals surface area contributed by atoms with Crippen LogP contribution < -0.4 is 10.6 Å². The Morgan fingerprint density at radius 1 is 1.39 bits per heavy atom. The second-order valence-electron chi connectivity index (χ2n) is 4.75. The van der Waals surface area contributed by atoms with E-state index in [1.165, 1.54) is 4.90 Å². The molecule has 1 aromatic heterocycles. The van der Waals surface area contributed by atoms with Crippen LogP contribution in [0.15, 0.2) is 18.3 Å². The maximum atomic E-state index is 12.0. The Labute approximate surface area is 105 Å². The molecule has 0 bridgehead atoms. The first-order valence-corrected chi connectivity index (χ1v) is 5.71. The summed E-state index contributed by atoms with van der Waals surface area (Å²) >= 11 is 0. The average molecular weight is 248 g/mol. The average Bonchev–Trinajstić information content (AvgIpc) is 2.52. The van der Waals surface area contributed by atoms with Crippen molar-refractivity contribution in [2.24, 2.45) is 0 Å². The van der Waals surface area contributed by atoms with Gasteiger partial charge in [0.25, 0.3) is 5.91 Å². The lowest BCUT2D eigenvalue weighted by Gasteiger charge is -2.15. The van der Waals surface area contributed by atoms with E-state index in [-0.39, 0.29) is 18.5 Å². The van der Waals surface area contributed by atoms with E-state index in [0.29, 0.717) is 0 Å². The van der Waals surface area contributed by atoms with Crippen molar-refractivity contribution in [2.45, 2.75) is 25.9 Å². The fraction of sp³-hybridized carbons (Fsp3) is 0.417. The topological polar surface area (TPSA) is 74.3 Å². The standard InChI is InChI=1S/C12H16N4O2/c1-12(2)10(17)16(11(18)15-12)7-8-4-5-9(13-3)14-6-8/h4-6H,7H2,1-3H3,(H,13,14)(H,15,18). The highest BCUT2D eigenvalue weighted by atomic mass is 16.2. The first kappa shape index (κ1) is 12.3. The van der Waals surface area contributed by atoms with Gasteiger partial charge in [0.05, 0.1) is 6.54 Å². The Bertz CT molecular complexity index is 481. The second kappa shape index (κ2) is 4.29.